The van der Waals surface area contributed by atoms with Crippen molar-refractivity contribution in [3.05, 3.63) is 112 Å². The van der Waals surface area contributed by atoms with Gasteiger partial charge in [0, 0.05) is 24.8 Å². The van der Waals surface area contributed by atoms with Crippen molar-refractivity contribution in [1.82, 2.24) is 0 Å². The van der Waals surface area contributed by atoms with E-state index in [1.165, 1.54) is 0 Å². The third-order valence-electron chi connectivity index (χ3n) is 4.68. The van der Waals surface area contributed by atoms with Crippen LogP contribution in [0.4, 0.5) is 11.4 Å². The lowest BCUT2D eigenvalue weighted by molar-refractivity contribution is 0.101. The van der Waals surface area contributed by atoms with Crippen molar-refractivity contribution in [2.24, 2.45) is 0 Å². The molecule has 0 radical (unpaired) electrons. The van der Waals surface area contributed by atoms with E-state index in [0.717, 1.165) is 4.47 Å². The third kappa shape index (κ3) is 8.41. The molecule has 4 rings (SSSR count). The van der Waals surface area contributed by atoms with Crippen LogP contribution < -0.4 is 10.6 Å². The number of hydrogen-bond acceptors (Lipinski definition) is 4. The highest BCUT2D eigenvalue weighted by molar-refractivity contribution is 9.11. The van der Waals surface area contributed by atoms with E-state index in [1.54, 1.807) is 48.5 Å². The van der Waals surface area contributed by atoms with Crippen molar-refractivity contribution >= 4 is 103 Å². The second-order valence-corrected chi connectivity index (χ2v) is 11.8. The molecule has 4 aromatic carbocycles. The summed E-state index contributed by atoms with van der Waals surface area (Å²) in [6.07, 6.45) is 0. The van der Waals surface area contributed by atoms with E-state index in [0.29, 0.717) is 29.3 Å². The molecule has 0 aromatic heterocycles. The lowest BCUT2D eigenvalue weighted by Gasteiger charge is -2.09. The number of carbonyl (C=O) groups is 2. The molecule has 190 valence electrons. The van der Waals surface area contributed by atoms with E-state index in [9.17, 15) is 19.8 Å². The van der Waals surface area contributed by atoms with Gasteiger partial charge in [-0.1, -0.05) is 66.0 Å². The van der Waals surface area contributed by atoms with E-state index >= 15 is 0 Å². The Morgan fingerprint density at radius 2 is 0.946 bits per heavy atom. The van der Waals surface area contributed by atoms with Gasteiger partial charge in [0.1, 0.15) is 11.5 Å². The second-order valence-electron chi connectivity index (χ2n) is 7.35. The first-order valence-electron chi connectivity index (χ1n) is 10.3. The molecular weight excluding hydrogens is 804 g/mol. The number of para-hydroxylation sites is 1. The summed E-state index contributed by atoms with van der Waals surface area (Å²) in [7, 11) is 0. The van der Waals surface area contributed by atoms with E-state index in [2.05, 4.69) is 90.3 Å². The molecule has 2 amide bonds. The fourth-order valence-corrected chi connectivity index (χ4v) is 5.64. The van der Waals surface area contributed by atoms with Gasteiger partial charge in [0.05, 0.1) is 20.1 Å². The minimum absolute atomic E-state index is 0.0772. The molecule has 0 atom stereocenters. The van der Waals surface area contributed by atoms with Crippen molar-refractivity contribution in [3.63, 3.8) is 0 Å². The van der Waals surface area contributed by atoms with Crippen LogP contribution in [0.3, 0.4) is 0 Å². The molecule has 0 aliphatic rings. The monoisotopic (exact) mass is 816 g/mol. The summed E-state index contributed by atoms with van der Waals surface area (Å²) in [6.45, 7) is 0. The van der Waals surface area contributed by atoms with Gasteiger partial charge in [0.25, 0.3) is 11.8 Å². The molecule has 0 saturated heterocycles. The molecule has 0 bridgehead atoms. The van der Waals surface area contributed by atoms with Crippen LogP contribution in [0.25, 0.3) is 0 Å². The van der Waals surface area contributed by atoms with Gasteiger partial charge in [-0.3, -0.25) is 9.59 Å². The van der Waals surface area contributed by atoms with Crippen LogP contribution in [0.1, 0.15) is 20.7 Å². The standard InChI is InChI=1S/C13H8Br3NO2.C13H9Br2NO2/c14-7-1-3-9(4-2-7)17-13(19)10-5-8(15)6-11(16)12(10)18;14-8-6-10(12(17)11(15)7-8)13(18)16-9-4-2-1-3-5-9/h1-6,18H,(H,17,19);1-7,17H,(H,16,18). The van der Waals surface area contributed by atoms with E-state index in [4.69, 9.17) is 0 Å². The quantitative estimate of drug-likeness (QED) is 0.165. The number of aromatic hydroxyl groups is 2. The molecule has 6 nitrogen and oxygen atoms in total. The Bertz CT molecular complexity index is 1430. The minimum atomic E-state index is -0.373. The van der Waals surface area contributed by atoms with Gasteiger partial charge in [-0.2, -0.15) is 0 Å². The molecule has 0 saturated carbocycles. The Morgan fingerprint density at radius 3 is 1.38 bits per heavy atom. The minimum Gasteiger partial charge on any atom is -0.506 e. The van der Waals surface area contributed by atoms with E-state index < -0.39 is 0 Å². The smallest absolute Gasteiger partial charge is 0.259 e. The van der Waals surface area contributed by atoms with Crippen LogP contribution in [0, 0.1) is 0 Å². The van der Waals surface area contributed by atoms with Gasteiger partial charge >= 0.3 is 0 Å². The molecule has 0 heterocycles. The van der Waals surface area contributed by atoms with Crippen molar-refractivity contribution in [3.8, 4) is 11.5 Å². The van der Waals surface area contributed by atoms with Crippen LogP contribution in [-0.2, 0) is 0 Å². The van der Waals surface area contributed by atoms with Gasteiger partial charge in [-0.25, -0.2) is 0 Å². The fraction of sp³-hybridized carbons (Fsp3) is 0. The molecular formula is C26H17Br5N2O4. The molecule has 0 unspecified atom stereocenters. The number of nitrogens with one attached hydrogen (secondary N) is 2. The number of benzene rings is 4. The number of amides is 2. The number of phenolic OH excluding ortho intramolecular Hbond substituents is 2. The molecule has 0 aliphatic heterocycles. The Hall–Kier alpha value is -2.18. The van der Waals surface area contributed by atoms with Crippen molar-refractivity contribution in [2.75, 3.05) is 10.6 Å². The van der Waals surface area contributed by atoms with Crippen LogP contribution in [0.2, 0.25) is 0 Å². The molecule has 0 fully saturated rings. The summed E-state index contributed by atoms with van der Waals surface area (Å²) in [6, 6.07) is 22.7. The van der Waals surface area contributed by atoms with E-state index in [1.807, 2.05) is 30.3 Å². The Kier molecular flexibility index (Phi) is 10.8. The predicted octanol–water partition coefficient (Wildman–Crippen LogP) is 9.10. The largest absolute Gasteiger partial charge is 0.506 e. The van der Waals surface area contributed by atoms with Gasteiger partial charge in [-0.15, -0.1) is 0 Å². The maximum atomic E-state index is 12.1. The van der Waals surface area contributed by atoms with Crippen LogP contribution in [0.5, 0.6) is 11.5 Å². The number of halogens is 5. The first-order valence-corrected chi connectivity index (χ1v) is 14.3. The van der Waals surface area contributed by atoms with Crippen molar-refractivity contribution < 1.29 is 19.8 Å². The number of phenols is 2. The highest BCUT2D eigenvalue weighted by atomic mass is 79.9. The SMILES string of the molecule is O=C(Nc1ccc(Br)cc1)c1cc(Br)cc(Br)c1O.O=C(Nc1ccccc1)c1cc(Br)cc(Br)c1O. The first-order chi connectivity index (χ1) is 17.5. The zero-order valence-corrected chi connectivity index (χ0v) is 26.5. The highest BCUT2D eigenvalue weighted by Gasteiger charge is 2.16. The summed E-state index contributed by atoms with van der Waals surface area (Å²) in [5.41, 5.74) is 1.74. The maximum absolute atomic E-state index is 12.1. The van der Waals surface area contributed by atoms with Gasteiger partial charge < -0.3 is 20.8 Å². The third-order valence-corrected chi connectivity index (χ3v) is 7.33. The molecule has 37 heavy (non-hydrogen) atoms. The average Bonchev–Trinajstić information content (AvgIpc) is 2.86. The molecule has 4 N–H and O–H groups in total. The van der Waals surface area contributed by atoms with Gasteiger partial charge in [0.15, 0.2) is 0 Å². The second kappa shape index (κ2) is 13.6. The van der Waals surface area contributed by atoms with Crippen LogP contribution >= 0.6 is 79.6 Å². The number of anilines is 2. The zero-order valence-electron chi connectivity index (χ0n) is 18.6. The normalized spacial score (nSPS) is 10.2. The molecule has 11 heteroatoms. The first kappa shape index (κ1) is 29.4. The molecule has 0 spiro atoms. The summed E-state index contributed by atoms with van der Waals surface area (Å²) in [5, 5.41) is 25.2. The van der Waals surface area contributed by atoms with Crippen molar-refractivity contribution in [2.45, 2.75) is 0 Å². The Labute approximate surface area is 255 Å². The summed E-state index contributed by atoms with van der Waals surface area (Å²) in [5.74, 6) is -0.896. The lowest BCUT2D eigenvalue weighted by atomic mass is 10.2. The molecule has 4 aromatic rings. The Balaban J connectivity index is 0.000000206. The average molecular weight is 821 g/mol. The fourth-order valence-electron chi connectivity index (χ4n) is 2.93. The summed E-state index contributed by atoms with van der Waals surface area (Å²) in [4.78, 5) is 24.1. The Morgan fingerprint density at radius 1 is 0.541 bits per heavy atom. The van der Waals surface area contributed by atoms with Crippen molar-refractivity contribution in [1.29, 1.82) is 0 Å². The zero-order chi connectivity index (χ0) is 27.1. The number of carbonyl (C=O) groups excluding carboxylic acids is 2. The van der Waals surface area contributed by atoms with Gasteiger partial charge in [0.2, 0.25) is 0 Å². The maximum Gasteiger partial charge on any atom is 0.259 e. The highest BCUT2D eigenvalue weighted by Crippen LogP contribution is 2.33. The van der Waals surface area contributed by atoms with Crippen LogP contribution in [0.15, 0.2) is 101 Å². The topological polar surface area (TPSA) is 98.7 Å². The summed E-state index contributed by atoms with van der Waals surface area (Å²) >= 11 is 16.3. The lowest BCUT2D eigenvalue weighted by Crippen LogP contribution is -2.12. The molecule has 0 aliphatic carbocycles. The number of hydrogen-bond donors (Lipinski definition) is 4. The summed E-state index contributed by atoms with van der Waals surface area (Å²) < 4.78 is 3.28. The predicted molar refractivity (Wildman–Crippen MR) is 164 cm³/mol. The number of rotatable bonds is 4. The van der Waals surface area contributed by atoms with E-state index in [-0.39, 0.29) is 34.4 Å². The van der Waals surface area contributed by atoms with Gasteiger partial charge in [-0.05, 0) is 92.5 Å². The van der Waals surface area contributed by atoms with Crippen LogP contribution in [-0.4, -0.2) is 22.0 Å².